The van der Waals surface area contributed by atoms with Crippen LogP contribution < -0.4 is 18.9 Å². The molecule has 3 rings (SSSR count). The van der Waals surface area contributed by atoms with Gasteiger partial charge in [0.1, 0.15) is 5.60 Å². The summed E-state index contributed by atoms with van der Waals surface area (Å²) in [7, 11) is 2.90. The van der Waals surface area contributed by atoms with Gasteiger partial charge >= 0.3 is 17.9 Å². The summed E-state index contributed by atoms with van der Waals surface area (Å²) < 4.78 is 33.0. The minimum absolute atomic E-state index is 0.148. The molecule has 1 aliphatic rings. The maximum atomic E-state index is 13.0. The molecule has 1 aliphatic carbocycles. The van der Waals surface area contributed by atoms with E-state index in [9.17, 15) is 14.4 Å². The Morgan fingerprint density at radius 1 is 0.844 bits per heavy atom. The molecule has 0 aliphatic heterocycles. The first-order valence-electron chi connectivity index (χ1n) is 15.3. The molecule has 0 fully saturated rings. The number of allylic oxidation sites excluding steroid dienone is 2. The van der Waals surface area contributed by atoms with Crippen LogP contribution in [0.3, 0.4) is 0 Å². The first kappa shape index (κ1) is 35.0. The van der Waals surface area contributed by atoms with E-state index in [-0.39, 0.29) is 29.2 Å². The maximum absolute atomic E-state index is 13.0. The zero-order chi connectivity index (χ0) is 32.7. The first-order valence-corrected chi connectivity index (χ1v) is 15.3. The van der Waals surface area contributed by atoms with Crippen molar-refractivity contribution in [1.82, 2.24) is 0 Å². The lowest BCUT2D eigenvalue weighted by molar-refractivity contribution is -0.137. The second kappa shape index (κ2) is 17.7. The van der Waals surface area contributed by atoms with Crippen LogP contribution in [-0.2, 0) is 14.3 Å². The van der Waals surface area contributed by atoms with Crippen LogP contribution in [-0.4, -0.2) is 50.9 Å². The summed E-state index contributed by atoms with van der Waals surface area (Å²) >= 11 is 0. The highest BCUT2D eigenvalue weighted by atomic mass is 16.6. The molecule has 242 valence electrons. The largest absolute Gasteiger partial charge is 0.493 e. The predicted molar refractivity (Wildman–Crippen MR) is 171 cm³/mol. The molecule has 9 heteroatoms. The SMILES string of the molecule is C=CC(=O)OCCCCOc1ccc(C(=O)Oc2ccc(C(=O)OC3(C)C=CC(CCCCCC)=CC3)cc2OC)cc1OC. The second-order valence-corrected chi connectivity index (χ2v) is 10.9. The molecule has 0 saturated carbocycles. The van der Waals surface area contributed by atoms with E-state index in [0.29, 0.717) is 37.4 Å². The number of unbranched alkanes of at least 4 members (excludes halogenated alkanes) is 4. The van der Waals surface area contributed by atoms with Crippen LogP contribution in [0.4, 0.5) is 0 Å². The van der Waals surface area contributed by atoms with E-state index >= 15 is 0 Å². The zero-order valence-corrected chi connectivity index (χ0v) is 26.7. The first-order chi connectivity index (χ1) is 21.7. The average molecular weight is 621 g/mol. The highest BCUT2D eigenvalue weighted by Gasteiger charge is 2.28. The fraction of sp³-hybridized carbons (Fsp3) is 0.417. The van der Waals surface area contributed by atoms with E-state index in [2.05, 4.69) is 19.6 Å². The van der Waals surface area contributed by atoms with Crippen molar-refractivity contribution in [2.75, 3.05) is 27.4 Å². The van der Waals surface area contributed by atoms with Crippen molar-refractivity contribution in [3.8, 4) is 23.0 Å². The van der Waals surface area contributed by atoms with E-state index in [1.165, 1.54) is 63.3 Å². The highest BCUT2D eigenvalue weighted by Crippen LogP contribution is 2.33. The van der Waals surface area contributed by atoms with Crippen molar-refractivity contribution in [2.24, 2.45) is 0 Å². The molecule has 1 atom stereocenters. The molecule has 1 unspecified atom stereocenters. The van der Waals surface area contributed by atoms with Gasteiger partial charge in [-0.15, -0.1) is 0 Å². The minimum Gasteiger partial charge on any atom is -0.493 e. The van der Waals surface area contributed by atoms with Gasteiger partial charge in [0.2, 0.25) is 0 Å². The van der Waals surface area contributed by atoms with Crippen molar-refractivity contribution in [2.45, 2.75) is 70.8 Å². The third-order valence-corrected chi connectivity index (χ3v) is 7.27. The molecule has 0 heterocycles. The molecule has 0 aromatic heterocycles. The van der Waals surface area contributed by atoms with E-state index in [4.69, 9.17) is 28.4 Å². The third-order valence-electron chi connectivity index (χ3n) is 7.27. The second-order valence-electron chi connectivity index (χ2n) is 10.9. The Balaban J connectivity index is 1.57. The lowest BCUT2D eigenvalue weighted by Gasteiger charge is -2.28. The normalized spacial score (nSPS) is 15.4. The van der Waals surface area contributed by atoms with E-state index in [0.717, 1.165) is 18.9 Å². The molecular weight excluding hydrogens is 576 g/mol. The average Bonchev–Trinajstić information content (AvgIpc) is 3.05. The number of ether oxygens (including phenoxy) is 6. The zero-order valence-electron chi connectivity index (χ0n) is 26.7. The summed E-state index contributed by atoms with van der Waals surface area (Å²) in [5.41, 5.74) is 1.03. The van der Waals surface area contributed by atoms with Crippen molar-refractivity contribution >= 4 is 17.9 Å². The van der Waals surface area contributed by atoms with Crippen molar-refractivity contribution in [1.29, 1.82) is 0 Å². The molecule has 0 saturated heterocycles. The molecular formula is C36H44O9. The van der Waals surface area contributed by atoms with Gasteiger partial charge < -0.3 is 28.4 Å². The molecule has 9 nitrogen and oxygen atoms in total. The van der Waals surface area contributed by atoms with Gasteiger partial charge in [-0.1, -0.05) is 50.5 Å². The van der Waals surface area contributed by atoms with Crippen molar-refractivity contribution in [3.63, 3.8) is 0 Å². The smallest absolute Gasteiger partial charge is 0.343 e. The molecule has 0 radical (unpaired) electrons. The Bertz CT molecular complexity index is 1390. The van der Waals surface area contributed by atoms with Crippen LogP contribution in [0.25, 0.3) is 0 Å². The third kappa shape index (κ3) is 10.8. The quantitative estimate of drug-likeness (QED) is 0.0721. The molecule has 0 bridgehead atoms. The van der Waals surface area contributed by atoms with Crippen molar-refractivity contribution < 1.29 is 42.8 Å². The van der Waals surface area contributed by atoms with Crippen LogP contribution in [0.5, 0.6) is 23.0 Å². The van der Waals surface area contributed by atoms with Crippen LogP contribution in [0.15, 0.2) is 72.9 Å². The summed E-state index contributed by atoms with van der Waals surface area (Å²) in [6.45, 7) is 8.07. The number of hydrogen-bond donors (Lipinski definition) is 0. The van der Waals surface area contributed by atoms with Crippen LogP contribution >= 0.6 is 0 Å². The Hall–Kier alpha value is -4.53. The van der Waals surface area contributed by atoms with E-state index < -0.39 is 23.5 Å². The molecule has 2 aromatic carbocycles. The van der Waals surface area contributed by atoms with Gasteiger partial charge in [-0.3, -0.25) is 0 Å². The number of rotatable bonds is 18. The number of carbonyl (C=O) groups excluding carboxylic acids is 3. The van der Waals surface area contributed by atoms with Crippen LogP contribution in [0, 0.1) is 0 Å². The molecule has 2 aromatic rings. The number of benzene rings is 2. The fourth-order valence-electron chi connectivity index (χ4n) is 4.61. The van der Waals surface area contributed by atoms with Gasteiger partial charge in [0.25, 0.3) is 0 Å². The number of hydrogen-bond acceptors (Lipinski definition) is 9. The minimum atomic E-state index is -0.752. The Morgan fingerprint density at radius 3 is 2.16 bits per heavy atom. The Kier molecular flexibility index (Phi) is 13.7. The van der Waals surface area contributed by atoms with Crippen LogP contribution in [0.2, 0.25) is 0 Å². The summed E-state index contributed by atoms with van der Waals surface area (Å²) in [6, 6.07) is 9.23. The molecule has 0 spiro atoms. The van der Waals surface area contributed by atoms with Crippen LogP contribution in [0.1, 0.15) is 85.9 Å². The van der Waals surface area contributed by atoms with Gasteiger partial charge in [0, 0.05) is 12.5 Å². The molecule has 0 N–H and O–H groups in total. The van der Waals surface area contributed by atoms with Gasteiger partial charge in [-0.05, 0) is 75.1 Å². The maximum Gasteiger partial charge on any atom is 0.343 e. The molecule has 45 heavy (non-hydrogen) atoms. The lowest BCUT2D eigenvalue weighted by atomic mass is 9.91. The monoisotopic (exact) mass is 620 g/mol. The standard InChI is InChI=1S/C36H44O9/c1-6-8-9-10-13-26-18-20-36(3,21-19-26)45-35(39)28-15-17-30(32(25-28)41-5)44-34(38)27-14-16-29(31(24-27)40-4)42-22-11-12-23-43-33(37)7-2/h7,14-20,24-25H,2,6,8-13,21-23H2,1,3-5H3. The number of carbonyl (C=O) groups is 3. The molecule has 0 amide bonds. The number of methoxy groups -OCH3 is 2. The van der Waals surface area contributed by atoms with Gasteiger partial charge in [0.15, 0.2) is 23.0 Å². The highest BCUT2D eigenvalue weighted by molar-refractivity contribution is 5.93. The van der Waals surface area contributed by atoms with Gasteiger partial charge in [-0.2, -0.15) is 0 Å². The van der Waals surface area contributed by atoms with E-state index in [1.54, 1.807) is 12.1 Å². The fourth-order valence-corrected chi connectivity index (χ4v) is 4.61. The summed E-state index contributed by atoms with van der Waals surface area (Å²) in [5, 5.41) is 0. The number of esters is 3. The van der Waals surface area contributed by atoms with Gasteiger partial charge in [0.05, 0.1) is 38.6 Å². The summed E-state index contributed by atoms with van der Waals surface area (Å²) in [6.07, 6.45) is 15.0. The van der Waals surface area contributed by atoms with Gasteiger partial charge in [-0.25, -0.2) is 14.4 Å². The lowest BCUT2D eigenvalue weighted by Crippen LogP contribution is -2.30. The Morgan fingerprint density at radius 2 is 1.51 bits per heavy atom. The van der Waals surface area contributed by atoms with E-state index in [1.807, 2.05) is 19.1 Å². The summed E-state index contributed by atoms with van der Waals surface area (Å²) in [4.78, 5) is 37.1. The van der Waals surface area contributed by atoms with Crippen molar-refractivity contribution in [3.05, 3.63) is 84.0 Å². The Labute approximate surface area is 265 Å². The predicted octanol–water partition coefficient (Wildman–Crippen LogP) is 7.58. The summed E-state index contributed by atoms with van der Waals surface area (Å²) in [5.74, 6) is -0.436. The topological polar surface area (TPSA) is 107 Å².